The van der Waals surface area contributed by atoms with Crippen LogP contribution in [0.5, 0.6) is 0 Å². The second kappa shape index (κ2) is 6.06. The van der Waals surface area contributed by atoms with Crippen molar-refractivity contribution in [1.82, 2.24) is 15.0 Å². The normalized spacial score (nSPS) is 18.2. The van der Waals surface area contributed by atoms with E-state index >= 15 is 0 Å². The van der Waals surface area contributed by atoms with Gasteiger partial charge in [0, 0.05) is 17.9 Å². The Morgan fingerprint density at radius 2 is 2.04 bits per heavy atom. The molecule has 122 valence electrons. The molecule has 1 fully saturated rings. The van der Waals surface area contributed by atoms with Gasteiger partial charge in [-0.25, -0.2) is 8.78 Å². The summed E-state index contributed by atoms with van der Waals surface area (Å²) in [7, 11) is 0. The van der Waals surface area contributed by atoms with Gasteiger partial charge < -0.3 is 9.42 Å². The predicted molar refractivity (Wildman–Crippen MR) is 77.3 cm³/mol. The number of hydrogen-bond acceptors (Lipinski definition) is 4. The number of carbonyl (C=O) groups is 1. The number of rotatable bonds is 4. The number of amides is 1. The zero-order valence-electron chi connectivity index (χ0n) is 12.9. The van der Waals surface area contributed by atoms with Crippen LogP contribution < -0.4 is 0 Å². The molecule has 1 amide bonds. The van der Waals surface area contributed by atoms with E-state index in [9.17, 15) is 13.6 Å². The first-order valence-electron chi connectivity index (χ1n) is 7.53. The van der Waals surface area contributed by atoms with E-state index in [2.05, 4.69) is 10.1 Å². The van der Waals surface area contributed by atoms with Crippen molar-refractivity contribution in [1.29, 1.82) is 0 Å². The van der Waals surface area contributed by atoms with E-state index in [1.165, 1.54) is 23.1 Å². The molecule has 1 unspecified atom stereocenters. The first kappa shape index (κ1) is 15.6. The first-order chi connectivity index (χ1) is 11.0. The van der Waals surface area contributed by atoms with Gasteiger partial charge in [0.2, 0.25) is 11.8 Å². The number of likely N-dealkylation sites (tertiary alicyclic amines) is 1. The number of halogens is 2. The highest BCUT2D eigenvalue weighted by molar-refractivity contribution is 5.78. The Kier molecular flexibility index (Phi) is 4.11. The molecule has 2 aromatic rings. The Morgan fingerprint density at radius 1 is 1.35 bits per heavy atom. The number of benzene rings is 1. The van der Waals surface area contributed by atoms with Crippen LogP contribution >= 0.6 is 0 Å². The van der Waals surface area contributed by atoms with E-state index in [-0.39, 0.29) is 23.9 Å². The summed E-state index contributed by atoms with van der Waals surface area (Å²) in [5, 5.41) is 3.89. The van der Waals surface area contributed by atoms with E-state index < -0.39 is 17.7 Å². The van der Waals surface area contributed by atoms with Crippen molar-refractivity contribution in [2.45, 2.75) is 45.2 Å². The van der Waals surface area contributed by atoms with E-state index in [0.717, 1.165) is 0 Å². The van der Waals surface area contributed by atoms with Gasteiger partial charge in [-0.3, -0.25) is 4.79 Å². The van der Waals surface area contributed by atoms with Crippen LogP contribution in [-0.4, -0.2) is 20.9 Å². The number of nitrogens with zero attached hydrogens (tertiary/aromatic N) is 3. The summed E-state index contributed by atoms with van der Waals surface area (Å²) in [6.07, 6.45) is 0.786. The van der Waals surface area contributed by atoms with Gasteiger partial charge in [-0.1, -0.05) is 25.1 Å². The van der Waals surface area contributed by atoms with Crippen LogP contribution in [0.2, 0.25) is 0 Å². The van der Waals surface area contributed by atoms with Crippen molar-refractivity contribution in [2.75, 3.05) is 0 Å². The third-order valence-corrected chi connectivity index (χ3v) is 3.98. The quantitative estimate of drug-likeness (QED) is 0.866. The number of hydrogen-bond donors (Lipinski definition) is 0. The highest BCUT2D eigenvalue weighted by Gasteiger charge is 2.36. The van der Waals surface area contributed by atoms with E-state index in [1.807, 2.05) is 13.8 Å². The minimum Gasteiger partial charge on any atom is -0.337 e. The molecule has 1 aliphatic rings. The lowest BCUT2D eigenvalue weighted by Gasteiger charge is -2.22. The molecule has 7 heteroatoms. The summed E-state index contributed by atoms with van der Waals surface area (Å²) in [6.45, 7) is 3.71. The van der Waals surface area contributed by atoms with E-state index in [4.69, 9.17) is 4.52 Å². The molecule has 1 aromatic carbocycles. The van der Waals surface area contributed by atoms with Crippen LogP contribution in [0.15, 0.2) is 22.7 Å². The average molecular weight is 321 g/mol. The first-order valence-corrected chi connectivity index (χ1v) is 7.53. The van der Waals surface area contributed by atoms with Crippen molar-refractivity contribution in [3.8, 4) is 0 Å². The monoisotopic (exact) mass is 321 g/mol. The van der Waals surface area contributed by atoms with Crippen LogP contribution in [0.25, 0.3) is 0 Å². The van der Waals surface area contributed by atoms with Gasteiger partial charge >= 0.3 is 0 Å². The van der Waals surface area contributed by atoms with Crippen molar-refractivity contribution in [3.05, 3.63) is 47.1 Å². The van der Waals surface area contributed by atoms with Crippen molar-refractivity contribution >= 4 is 5.91 Å². The maximum Gasteiger partial charge on any atom is 0.249 e. The lowest BCUT2D eigenvalue weighted by molar-refractivity contribution is -0.130. The Morgan fingerprint density at radius 3 is 2.65 bits per heavy atom. The third kappa shape index (κ3) is 2.95. The summed E-state index contributed by atoms with van der Waals surface area (Å²) in [6, 6.07) is 3.21. The van der Waals surface area contributed by atoms with E-state index in [1.54, 1.807) is 0 Å². The van der Waals surface area contributed by atoms with Gasteiger partial charge in [-0.05, 0) is 18.6 Å². The summed E-state index contributed by atoms with van der Waals surface area (Å²) < 4.78 is 32.9. The molecule has 0 aliphatic carbocycles. The second-order valence-electron chi connectivity index (χ2n) is 5.92. The van der Waals surface area contributed by atoms with Gasteiger partial charge in [-0.2, -0.15) is 4.98 Å². The molecule has 1 atom stereocenters. The molecular formula is C16H17F2N3O2. The van der Waals surface area contributed by atoms with Crippen molar-refractivity contribution < 1.29 is 18.1 Å². The molecule has 5 nitrogen and oxygen atoms in total. The Hall–Kier alpha value is -2.31. The Bertz CT molecular complexity index is 710. The summed E-state index contributed by atoms with van der Waals surface area (Å²) >= 11 is 0. The molecule has 1 aromatic heterocycles. The van der Waals surface area contributed by atoms with Crippen LogP contribution in [0, 0.1) is 11.6 Å². The van der Waals surface area contributed by atoms with E-state index in [0.29, 0.717) is 24.6 Å². The van der Waals surface area contributed by atoms with Gasteiger partial charge in [-0.15, -0.1) is 0 Å². The maximum atomic E-state index is 13.8. The number of aromatic nitrogens is 2. The standard InChI is InChI=1S/C16H17F2N3O2/c1-9(2)15-19-16(23-20-15)13-6-7-14(22)21(13)8-10-11(17)4-3-5-12(10)18/h3-5,9,13H,6-8H2,1-2H3. The molecular weight excluding hydrogens is 304 g/mol. The Balaban J connectivity index is 1.88. The molecule has 1 saturated heterocycles. The highest BCUT2D eigenvalue weighted by atomic mass is 19.1. The Labute approximate surface area is 132 Å². The smallest absolute Gasteiger partial charge is 0.249 e. The lowest BCUT2D eigenvalue weighted by Crippen LogP contribution is -2.28. The topological polar surface area (TPSA) is 59.2 Å². The molecule has 23 heavy (non-hydrogen) atoms. The van der Waals surface area contributed by atoms with Crippen molar-refractivity contribution in [2.24, 2.45) is 0 Å². The minimum absolute atomic E-state index is 0.0991. The van der Waals surface area contributed by atoms with Crippen LogP contribution in [0.1, 0.15) is 55.9 Å². The summed E-state index contributed by atoms with van der Waals surface area (Å²) in [5.74, 6) is -0.551. The largest absolute Gasteiger partial charge is 0.337 e. The van der Waals surface area contributed by atoms with Crippen LogP contribution in [-0.2, 0) is 11.3 Å². The fourth-order valence-electron chi connectivity index (χ4n) is 2.66. The molecule has 0 saturated carbocycles. The molecule has 1 aliphatic heterocycles. The molecule has 0 radical (unpaired) electrons. The minimum atomic E-state index is -0.670. The summed E-state index contributed by atoms with van der Waals surface area (Å²) in [5.41, 5.74) is -0.128. The van der Waals surface area contributed by atoms with Crippen LogP contribution in [0.3, 0.4) is 0 Å². The third-order valence-electron chi connectivity index (χ3n) is 3.98. The van der Waals surface area contributed by atoms with Gasteiger partial charge in [0.15, 0.2) is 5.82 Å². The molecule has 0 bridgehead atoms. The van der Waals surface area contributed by atoms with Gasteiger partial charge in [0.25, 0.3) is 0 Å². The van der Waals surface area contributed by atoms with Crippen LogP contribution in [0.4, 0.5) is 8.78 Å². The summed E-state index contributed by atoms with van der Waals surface area (Å²) in [4.78, 5) is 17.8. The predicted octanol–water partition coefficient (Wildman–Crippen LogP) is 3.33. The van der Waals surface area contributed by atoms with Crippen molar-refractivity contribution in [3.63, 3.8) is 0 Å². The molecule has 3 rings (SSSR count). The second-order valence-corrected chi connectivity index (χ2v) is 5.92. The fourth-order valence-corrected chi connectivity index (χ4v) is 2.66. The zero-order valence-corrected chi connectivity index (χ0v) is 12.9. The SMILES string of the molecule is CC(C)c1noc(C2CCC(=O)N2Cc2c(F)cccc2F)n1. The van der Waals surface area contributed by atoms with Gasteiger partial charge in [0.1, 0.15) is 17.7 Å². The molecule has 0 N–H and O–H groups in total. The maximum absolute atomic E-state index is 13.8. The highest BCUT2D eigenvalue weighted by Crippen LogP contribution is 2.34. The molecule has 2 heterocycles. The number of carbonyl (C=O) groups excluding carboxylic acids is 1. The molecule has 0 spiro atoms. The fraction of sp³-hybridized carbons (Fsp3) is 0.438. The lowest BCUT2D eigenvalue weighted by atomic mass is 10.1. The average Bonchev–Trinajstić information content (AvgIpc) is 3.10. The zero-order chi connectivity index (χ0) is 16.6. The van der Waals surface area contributed by atoms with Gasteiger partial charge in [0.05, 0.1) is 6.54 Å².